The Morgan fingerprint density at radius 3 is 2.26 bits per heavy atom. The number of aryl methyl sites for hydroxylation is 1. The minimum absolute atomic E-state index is 0.0667. The van der Waals surface area contributed by atoms with Gasteiger partial charge < -0.3 is 15.0 Å². The van der Waals surface area contributed by atoms with Crippen LogP contribution < -0.4 is 5.32 Å². The molecule has 8 nitrogen and oxygen atoms in total. The maximum absolute atomic E-state index is 13.4. The van der Waals surface area contributed by atoms with Crippen LogP contribution in [-0.2, 0) is 24.3 Å². The highest BCUT2D eigenvalue weighted by Gasteiger charge is 2.40. The van der Waals surface area contributed by atoms with E-state index >= 15 is 0 Å². The molecule has 2 saturated heterocycles. The van der Waals surface area contributed by atoms with Crippen LogP contribution in [0.1, 0.15) is 58.4 Å². The molecule has 2 amide bonds. The van der Waals surface area contributed by atoms with E-state index in [0.29, 0.717) is 50.6 Å². The lowest BCUT2D eigenvalue weighted by Gasteiger charge is -2.35. The van der Waals surface area contributed by atoms with Gasteiger partial charge in [-0.2, -0.15) is 4.31 Å². The first-order valence-corrected chi connectivity index (χ1v) is 13.8. The van der Waals surface area contributed by atoms with E-state index in [1.54, 1.807) is 41.3 Å². The lowest BCUT2D eigenvalue weighted by molar-refractivity contribution is -0.143. The van der Waals surface area contributed by atoms with Crippen molar-refractivity contribution in [3.63, 3.8) is 0 Å². The highest BCUT2D eigenvalue weighted by molar-refractivity contribution is 7.89. The average Bonchev–Trinajstić information content (AvgIpc) is 3.11. The Labute approximate surface area is 204 Å². The molecule has 1 atom stereocenters. The van der Waals surface area contributed by atoms with Gasteiger partial charge in [-0.25, -0.2) is 8.42 Å². The molecule has 0 saturated carbocycles. The second-order valence-corrected chi connectivity index (χ2v) is 11.9. The number of hydrogen-bond donors (Lipinski definition) is 1. The fourth-order valence-electron chi connectivity index (χ4n) is 4.44. The van der Waals surface area contributed by atoms with Crippen LogP contribution in [0.5, 0.6) is 0 Å². The normalized spacial score (nSPS) is 20.0. The van der Waals surface area contributed by atoms with E-state index in [-0.39, 0.29) is 29.0 Å². The molecule has 2 aliphatic rings. The summed E-state index contributed by atoms with van der Waals surface area (Å²) in [5.41, 5.74) is 0.135. The van der Waals surface area contributed by atoms with Gasteiger partial charge in [0.05, 0.1) is 23.5 Å². The van der Waals surface area contributed by atoms with Gasteiger partial charge in [-0.1, -0.05) is 32.8 Å². The quantitative estimate of drug-likeness (QED) is 0.628. The molecular formula is C25H39N3O5S. The number of amides is 2. The van der Waals surface area contributed by atoms with Crippen LogP contribution in [-0.4, -0.2) is 68.8 Å². The second kappa shape index (κ2) is 11.2. The van der Waals surface area contributed by atoms with E-state index < -0.39 is 15.4 Å². The molecule has 0 spiro atoms. The zero-order chi connectivity index (χ0) is 24.9. The Morgan fingerprint density at radius 1 is 1.06 bits per heavy atom. The Bertz CT molecular complexity index is 980. The summed E-state index contributed by atoms with van der Waals surface area (Å²) in [5.74, 6) is -0.447. The van der Waals surface area contributed by atoms with E-state index in [4.69, 9.17) is 4.74 Å². The Morgan fingerprint density at radius 2 is 1.68 bits per heavy atom. The molecule has 1 N–H and O–H groups in total. The molecule has 1 aromatic carbocycles. The van der Waals surface area contributed by atoms with Crippen LogP contribution in [0.2, 0.25) is 0 Å². The molecule has 2 fully saturated rings. The number of hydrogen-bond acceptors (Lipinski definition) is 5. The predicted molar refractivity (Wildman–Crippen MR) is 132 cm³/mol. The molecule has 0 aromatic heterocycles. The predicted octanol–water partition coefficient (Wildman–Crippen LogP) is 3.41. The number of sulfonamides is 1. The molecule has 34 heavy (non-hydrogen) atoms. The third kappa shape index (κ3) is 5.98. The lowest BCUT2D eigenvalue weighted by atomic mass is 9.75. The maximum atomic E-state index is 13.4. The van der Waals surface area contributed by atoms with Crippen LogP contribution in [0.25, 0.3) is 0 Å². The van der Waals surface area contributed by atoms with Crippen molar-refractivity contribution >= 4 is 27.5 Å². The molecule has 3 rings (SSSR count). The fraction of sp³-hybridized carbons (Fsp3) is 0.680. The summed E-state index contributed by atoms with van der Waals surface area (Å²) in [6, 6.07) is 5.00. The van der Waals surface area contributed by atoms with Crippen molar-refractivity contribution in [3.05, 3.63) is 23.8 Å². The molecule has 2 aliphatic heterocycles. The van der Waals surface area contributed by atoms with Gasteiger partial charge in [-0.3, -0.25) is 9.59 Å². The molecule has 2 heterocycles. The molecular weight excluding hydrogens is 454 g/mol. The third-order valence-electron chi connectivity index (χ3n) is 7.30. The van der Waals surface area contributed by atoms with Crippen LogP contribution >= 0.6 is 0 Å². The first-order valence-electron chi connectivity index (χ1n) is 12.3. The van der Waals surface area contributed by atoms with Crippen LogP contribution in [0.15, 0.2) is 23.1 Å². The second-order valence-electron chi connectivity index (χ2n) is 9.99. The minimum atomic E-state index is -3.65. The van der Waals surface area contributed by atoms with Gasteiger partial charge in [0.15, 0.2) is 0 Å². The summed E-state index contributed by atoms with van der Waals surface area (Å²) in [7, 11) is -3.65. The number of nitrogens with one attached hydrogen (secondary N) is 1. The Kier molecular flexibility index (Phi) is 8.76. The van der Waals surface area contributed by atoms with Gasteiger partial charge in [-0.15, -0.1) is 0 Å². The van der Waals surface area contributed by atoms with Crippen molar-refractivity contribution in [2.45, 2.75) is 64.7 Å². The van der Waals surface area contributed by atoms with E-state index in [1.165, 1.54) is 0 Å². The average molecular weight is 494 g/mol. The third-order valence-corrected chi connectivity index (χ3v) is 9.34. The molecule has 1 aromatic rings. The number of ether oxygens (including phenoxy) is 1. The van der Waals surface area contributed by atoms with Gasteiger partial charge in [0, 0.05) is 38.3 Å². The zero-order valence-corrected chi connectivity index (χ0v) is 21.7. The molecule has 0 bridgehead atoms. The van der Waals surface area contributed by atoms with Crippen molar-refractivity contribution in [1.82, 2.24) is 9.21 Å². The first kappa shape index (κ1) is 26.6. The van der Waals surface area contributed by atoms with Gasteiger partial charge in [0.1, 0.15) is 0 Å². The highest BCUT2D eigenvalue weighted by Crippen LogP contribution is 2.34. The van der Waals surface area contributed by atoms with Crippen molar-refractivity contribution in [2.24, 2.45) is 11.3 Å². The number of anilines is 1. The van der Waals surface area contributed by atoms with E-state index in [1.807, 2.05) is 13.8 Å². The Balaban J connectivity index is 1.80. The van der Waals surface area contributed by atoms with E-state index in [2.05, 4.69) is 5.32 Å². The molecule has 0 aliphatic carbocycles. The number of rotatable bonds is 7. The number of benzene rings is 1. The molecule has 0 radical (unpaired) electrons. The first-order chi connectivity index (χ1) is 16.1. The number of carbonyl (C=O) groups is 2. The van der Waals surface area contributed by atoms with Gasteiger partial charge >= 0.3 is 0 Å². The SMILES string of the molecule is Cc1ccc(NC(=O)[C@](C)(CC(=O)N2CCOCC2)C(C)C)cc1S(=O)(=O)N1CCCCCC1. The van der Waals surface area contributed by atoms with Crippen LogP contribution in [0.3, 0.4) is 0 Å². The highest BCUT2D eigenvalue weighted by atomic mass is 32.2. The maximum Gasteiger partial charge on any atom is 0.243 e. The van der Waals surface area contributed by atoms with Crippen LogP contribution in [0, 0.1) is 18.3 Å². The zero-order valence-electron chi connectivity index (χ0n) is 20.9. The Hall–Kier alpha value is -1.97. The smallest absolute Gasteiger partial charge is 0.243 e. The van der Waals surface area contributed by atoms with Gasteiger partial charge in [0.2, 0.25) is 21.8 Å². The number of morpholine rings is 1. The van der Waals surface area contributed by atoms with Crippen molar-refractivity contribution in [1.29, 1.82) is 0 Å². The van der Waals surface area contributed by atoms with Crippen LogP contribution in [0.4, 0.5) is 5.69 Å². The molecule has 190 valence electrons. The van der Waals surface area contributed by atoms with E-state index in [9.17, 15) is 18.0 Å². The van der Waals surface area contributed by atoms with Gasteiger partial charge in [0.25, 0.3) is 0 Å². The largest absolute Gasteiger partial charge is 0.378 e. The summed E-state index contributed by atoms with van der Waals surface area (Å²) in [4.78, 5) is 28.3. The summed E-state index contributed by atoms with van der Waals surface area (Å²) in [5, 5.41) is 2.91. The minimum Gasteiger partial charge on any atom is -0.378 e. The fourth-order valence-corrected chi connectivity index (χ4v) is 6.20. The molecule has 0 unspecified atom stereocenters. The lowest BCUT2D eigenvalue weighted by Crippen LogP contribution is -2.46. The summed E-state index contributed by atoms with van der Waals surface area (Å²) in [6.45, 7) is 10.6. The summed E-state index contributed by atoms with van der Waals surface area (Å²) < 4.78 is 33.6. The monoisotopic (exact) mass is 493 g/mol. The standard InChI is InChI=1S/C25H39N3O5S/c1-19(2)25(4,18-23(29)27-13-15-33-16-14-27)24(30)26-21-10-9-20(3)22(17-21)34(31,32)28-11-7-5-6-8-12-28/h9-10,17,19H,5-8,11-16,18H2,1-4H3,(H,26,30)/t25-/m1/s1. The van der Waals surface area contributed by atoms with Crippen molar-refractivity contribution in [2.75, 3.05) is 44.7 Å². The molecule has 9 heteroatoms. The summed E-state index contributed by atoms with van der Waals surface area (Å²) in [6.07, 6.45) is 3.88. The van der Waals surface area contributed by atoms with Crippen molar-refractivity contribution in [3.8, 4) is 0 Å². The topological polar surface area (TPSA) is 96.0 Å². The number of carbonyl (C=O) groups excluding carboxylic acids is 2. The van der Waals surface area contributed by atoms with E-state index in [0.717, 1.165) is 25.7 Å². The van der Waals surface area contributed by atoms with Crippen molar-refractivity contribution < 1.29 is 22.7 Å². The van der Waals surface area contributed by atoms with Gasteiger partial charge in [-0.05, 0) is 50.3 Å². The number of nitrogens with zero attached hydrogens (tertiary/aromatic N) is 2. The summed E-state index contributed by atoms with van der Waals surface area (Å²) >= 11 is 0.